The van der Waals surface area contributed by atoms with Gasteiger partial charge < -0.3 is 10.6 Å². The van der Waals surface area contributed by atoms with Crippen molar-refractivity contribution in [3.63, 3.8) is 0 Å². The Balaban J connectivity index is 1.23. The Kier molecular flexibility index (Phi) is 5.96. The molecule has 0 radical (unpaired) electrons. The fraction of sp³-hybridized carbons (Fsp3) is 0.462. The van der Waals surface area contributed by atoms with Gasteiger partial charge in [-0.1, -0.05) is 30.3 Å². The lowest BCUT2D eigenvalue weighted by Gasteiger charge is -2.34. The number of nitrogens with zero attached hydrogens (tertiary/aromatic N) is 3. The van der Waals surface area contributed by atoms with Gasteiger partial charge in [0.2, 0.25) is 15.9 Å². The van der Waals surface area contributed by atoms with Gasteiger partial charge in [0.1, 0.15) is 6.17 Å². The molecular formula is C26H30N6O3S. The van der Waals surface area contributed by atoms with Crippen LogP contribution in [0.5, 0.6) is 0 Å². The summed E-state index contributed by atoms with van der Waals surface area (Å²) in [6.45, 7) is 1.26. The molecular weight excluding hydrogens is 476 g/mol. The van der Waals surface area contributed by atoms with Gasteiger partial charge in [0.05, 0.1) is 23.3 Å². The van der Waals surface area contributed by atoms with E-state index in [2.05, 4.69) is 27.1 Å². The van der Waals surface area contributed by atoms with Gasteiger partial charge >= 0.3 is 0 Å². The molecule has 3 unspecified atom stereocenters. The maximum Gasteiger partial charge on any atom is 0.244 e. The van der Waals surface area contributed by atoms with Crippen LogP contribution >= 0.6 is 0 Å². The maximum absolute atomic E-state index is 13.1. The number of fused-ring (bicyclic) bond motifs is 2. The van der Waals surface area contributed by atoms with Crippen molar-refractivity contribution in [2.75, 3.05) is 11.9 Å². The van der Waals surface area contributed by atoms with Gasteiger partial charge in [0.25, 0.3) is 0 Å². The van der Waals surface area contributed by atoms with Crippen molar-refractivity contribution in [2.45, 2.75) is 61.9 Å². The van der Waals surface area contributed by atoms with E-state index in [0.29, 0.717) is 36.9 Å². The first kappa shape index (κ1) is 23.4. The van der Waals surface area contributed by atoms with Crippen molar-refractivity contribution < 1.29 is 13.2 Å². The minimum absolute atomic E-state index is 0.00280. The van der Waals surface area contributed by atoms with Gasteiger partial charge in [0, 0.05) is 37.4 Å². The van der Waals surface area contributed by atoms with Crippen molar-refractivity contribution >= 4 is 21.6 Å². The third-order valence-electron chi connectivity index (χ3n) is 7.83. The smallest absolute Gasteiger partial charge is 0.244 e. The van der Waals surface area contributed by atoms with Crippen molar-refractivity contribution in [3.05, 3.63) is 59.7 Å². The van der Waals surface area contributed by atoms with Crippen LogP contribution in [0.15, 0.2) is 53.4 Å². The number of hydrazine groups is 1. The molecule has 0 aromatic heterocycles. The molecule has 36 heavy (non-hydrogen) atoms. The molecule has 0 bridgehead atoms. The largest absolute Gasteiger partial charge is 0.368 e. The highest BCUT2D eigenvalue weighted by Crippen LogP contribution is 2.41. The van der Waals surface area contributed by atoms with Crippen LogP contribution in [-0.4, -0.2) is 48.4 Å². The summed E-state index contributed by atoms with van der Waals surface area (Å²) < 4.78 is 27.8. The third kappa shape index (κ3) is 4.16. The monoisotopic (exact) mass is 506 g/mol. The number of carbonyl (C=O) groups excluding carboxylic acids is 1. The zero-order valence-corrected chi connectivity index (χ0v) is 20.7. The highest BCUT2D eigenvalue weighted by atomic mass is 32.2. The normalized spacial score (nSPS) is 28.1. The molecule has 2 saturated heterocycles. The van der Waals surface area contributed by atoms with Gasteiger partial charge in [-0.05, 0) is 54.5 Å². The molecule has 188 valence electrons. The molecule has 2 aromatic rings. The van der Waals surface area contributed by atoms with Crippen LogP contribution in [0.2, 0.25) is 0 Å². The van der Waals surface area contributed by atoms with Gasteiger partial charge in [-0.15, -0.1) is 0 Å². The molecule has 10 heteroatoms. The van der Waals surface area contributed by atoms with Crippen LogP contribution in [0.1, 0.15) is 36.8 Å². The molecule has 2 aromatic carbocycles. The Morgan fingerprint density at radius 1 is 1.14 bits per heavy atom. The molecule has 4 atom stereocenters. The van der Waals surface area contributed by atoms with Crippen molar-refractivity contribution in [2.24, 2.45) is 11.8 Å². The number of nitriles is 1. The van der Waals surface area contributed by atoms with E-state index in [1.807, 2.05) is 36.4 Å². The zero-order valence-electron chi connectivity index (χ0n) is 19.9. The Morgan fingerprint density at radius 3 is 2.69 bits per heavy atom. The molecule has 4 aliphatic rings. The number of anilines is 1. The molecule has 1 amide bonds. The highest BCUT2D eigenvalue weighted by Gasteiger charge is 2.52. The summed E-state index contributed by atoms with van der Waals surface area (Å²) >= 11 is 0. The van der Waals surface area contributed by atoms with Crippen molar-refractivity contribution in [1.29, 1.82) is 5.26 Å². The first-order chi connectivity index (χ1) is 17.5. The number of hydrogen-bond donors (Lipinski definition) is 3. The quantitative estimate of drug-likeness (QED) is 0.527. The fourth-order valence-electron chi connectivity index (χ4n) is 5.93. The lowest BCUT2D eigenvalue weighted by atomic mass is 9.90. The summed E-state index contributed by atoms with van der Waals surface area (Å²) in [4.78, 5) is 13.2. The van der Waals surface area contributed by atoms with Gasteiger partial charge in [0.15, 0.2) is 0 Å². The number of hydrogen-bond acceptors (Lipinski definition) is 7. The molecule has 6 rings (SSSR count). The van der Waals surface area contributed by atoms with Crippen LogP contribution in [-0.2, 0) is 27.9 Å². The molecule has 9 nitrogen and oxygen atoms in total. The van der Waals surface area contributed by atoms with Gasteiger partial charge in [-0.3, -0.25) is 4.79 Å². The maximum atomic E-state index is 13.1. The number of nitrogens with one attached hydrogen (secondary N) is 3. The van der Waals surface area contributed by atoms with Gasteiger partial charge in [-0.25, -0.2) is 18.9 Å². The number of amides is 1. The Labute approximate surface area is 211 Å². The molecule has 3 heterocycles. The topological polar surface area (TPSA) is 118 Å². The van der Waals surface area contributed by atoms with Crippen molar-refractivity contribution in [1.82, 2.24) is 20.1 Å². The molecule has 1 aliphatic carbocycles. The Bertz CT molecular complexity index is 1310. The number of sulfonamides is 1. The second-order valence-electron chi connectivity index (χ2n) is 10.2. The summed E-state index contributed by atoms with van der Waals surface area (Å²) in [5.41, 5.74) is 5.98. The van der Waals surface area contributed by atoms with Crippen LogP contribution in [0.25, 0.3) is 0 Å². The number of piperidine rings is 1. The Morgan fingerprint density at radius 2 is 1.94 bits per heavy atom. The van der Waals surface area contributed by atoms with E-state index in [9.17, 15) is 18.5 Å². The summed E-state index contributed by atoms with van der Waals surface area (Å²) in [6, 6.07) is 17.3. The van der Waals surface area contributed by atoms with Crippen LogP contribution < -0.4 is 16.1 Å². The molecule has 1 saturated carbocycles. The lowest BCUT2D eigenvalue weighted by Crippen LogP contribution is -2.52. The third-order valence-corrected chi connectivity index (χ3v) is 9.73. The summed E-state index contributed by atoms with van der Waals surface area (Å²) in [5.74, 6) is 0.190. The second-order valence-corrected chi connectivity index (χ2v) is 12.1. The molecule has 3 fully saturated rings. The molecule has 3 aliphatic heterocycles. The van der Waals surface area contributed by atoms with Crippen LogP contribution in [0, 0.1) is 23.2 Å². The van der Waals surface area contributed by atoms with E-state index in [-0.39, 0.29) is 30.1 Å². The average Bonchev–Trinajstić information content (AvgIpc) is 3.60. The average molecular weight is 507 g/mol. The second kappa shape index (κ2) is 9.16. The van der Waals surface area contributed by atoms with E-state index in [0.717, 1.165) is 36.1 Å². The predicted molar refractivity (Wildman–Crippen MR) is 133 cm³/mol. The van der Waals surface area contributed by atoms with E-state index >= 15 is 0 Å². The predicted octanol–water partition coefficient (Wildman–Crippen LogP) is 2.15. The number of rotatable bonds is 7. The minimum atomic E-state index is -3.56. The minimum Gasteiger partial charge on any atom is -0.368 e. The first-order valence-electron chi connectivity index (χ1n) is 12.6. The lowest BCUT2D eigenvalue weighted by molar-refractivity contribution is -0.128. The summed E-state index contributed by atoms with van der Waals surface area (Å²) in [7, 11) is -3.56. The van der Waals surface area contributed by atoms with E-state index in [1.165, 1.54) is 4.31 Å². The standard InChI is InChI=1S/C26H30N6O3S/c27-12-10-21(18-6-7-18)32-22-11-13-28-26(33)24(22)25(30-32)29-20-8-9-23-19(14-20)16-31(36(23,34)35)15-17-4-2-1-3-5-17/h1-5,8-9,14,18,21-22,24-25,29-30H,6-7,10-11,13,15-16H2,(H,28,33)/t21-,22?,24?,25?/m0/s1. The SMILES string of the molecule is N#CC[C@@H](C1CC1)N1NC(Nc2ccc3c(c2)CN(Cc2ccccc2)S3(=O)=O)C2C(=O)NCCC21. The first-order valence-corrected chi connectivity index (χ1v) is 14.0. The summed E-state index contributed by atoms with van der Waals surface area (Å²) in [5, 5.41) is 18.0. The fourth-order valence-corrected chi connectivity index (χ4v) is 7.54. The Hall–Kier alpha value is -2.97. The number of carbonyl (C=O) groups is 1. The molecule has 3 N–H and O–H groups in total. The molecule has 0 spiro atoms. The van der Waals surface area contributed by atoms with Crippen LogP contribution in [0.3, 0.4) is 0 Å². The zero-order chi connectivity index (χ0) is 24.9. The summed E-state index contributed by atoms with van der Waals surface area (Å²) in [6.07, 6.45) is 3.15. The van der Waals surface area contributed by atoms with E-state index in [4.69, 9.17) is 0 Å². The van der Waals surface area contributed by atoms with Crippen molar-refractivity contribution in [3.8, 4) is 6.07 Å². The van der Waals surface area contributed by atoms with Crippen LogP contribution in [0.4, 0.5) is 5.69 Å². The number of benzene rings is 2. The van der Waals surface area contributed by atoms with E-state index < -0.39 is 10.0 Å². The van der Waals surface area contributed by atoms with E-state index in [1.54, 1.807) is 12.1 Å². The highest BCUT2D eigenvalue weighted by molar-refractivity contribution is 7.89. The van der Waals surface area contributed by atoms with Gasteiger partial charge in [-0.2, -0.15) is 9.57 Å².